The van der Waals surface area contributed by atoms with Gasteiger partial charge in [0.15, 0.2) is 0 Å². The van der Waals surface area contributed by atoms with Gasteiger partial charge in [0, 0.05) is 30.5 Å². The lowest BCUT2D eigenvalue weighted by molar-refractivity contribution is -0.142. The molecule has 1 aliphatic carbocycles. The largest absolute Gasteiger partial charge is 0.481 e. The highest BCUT2D eigenvalue weighted by Gasteiger charge is 2.34. The first-order valence-corrected chi connectivity index (χ1v) is 11.9. The third kappa shape index (κ3) is 5.24. The van der Waals surface area contributed by atoms with Gasteiger partial charge in [-0.25, -0.2) is 4.79 Å². The monoisotopic (exact) mass is 464 g/mol. The molecule has 0 saturated carbocycles. The number of fused-ring (bicyclic) bond motifs is 3. The highest BCUT2D eigenvalue weighted by molar-refractivity contribution is 5.81. The molecule has 2 N–H and O–H groups in total. The van der Waals surface area contributed by atoms with E-state index in [2.05, 4.69) is 29.6 Å². The summed E-state index contributed by atoms with van der Waals surface area (Å²) in [6.07, 6.45) is 1.93. The highest BCUT2D eigenvalue weighted by Crippen LogP contribution is 2.44. The predicted molar refractivity (Wildman–Crippen MR) is 129 cm³/mol. The number of nitrogens with one attached hydrogen (secondary N) is 1. The van der Waals surface area contributed by atoms with E-state index in [0.717, 1.165) is 35.1 Å². The van der Waals surface area contributed by atoms with Crippen LogP contribution in [0.5, 0.6) is 0 Å². The smallest absolute Gasteiger partial charge is 0.407 e. The maximum atomic E-state index is 13.0. The molecule has 7 nitrogen and oxygen atoms in total. The Bertz CT molecular complexity index is 1030. The molecular weight excluding hydrogens is 432 g/mol. The summed E-state index contributed by atoms with van der Waals surface area (Å²) in [6, 6.07) is 16.0. The van der Waals surface area contributed by atoms with Crippen LogP contribution in [0.2, 0.25) is 0 Å². The SMILES string of the molecule is CC(C)(CC(=O)N1CCCC[C@@H]1CC(=O)O)NC(=O)OCC1c2ccccc2-c2ccccc21. The molecule has 1 atom stereocenters. The van der Waals surface area contributed by atoms with Crippen LogP contribution >= 0.6 is 0 Å². The summed E-state index contributed by atoms with van der Waals surface area (Å²) >= 11 is 0. The van der Waals surface area contributed by atoms with Crippen molar-refractivity contribution in [3.8, 4) is 11.1 Å². The fraction of sp³-hybridized carbons (Fsp3) is 0.444. The van der Waals surface area contributed by atoms with Gasteiger partial charge in [-0.1, -0.05) is 48.5 Å². The molecule has 0 spiro atoms. The molecule has 2 aromatic rings. The number of hydrogen-bond donors (Lipinski definition) is 2. The van der Waals surface area contributed by atoms with Gasteiger partial charge in [-0.15, -0.1) is 0 Å². The number of carboxylic acid groups (broad SMARTS) is 1. The summed E-state index contributed by atoms with van der Waals surface area (Å²) in [5, 5.41) is 12.0. The topological polar surface area (TPSA) is 95.9 Å². The molecule has 0 bridgehead atoms. The fourth-order valence-electron chi connectivity index (χ4n) is 5.18. The summed E-state index contributed by atoms with van der Waals surface area (Å²) in [5.41, 5.74) is 3.78. The van der Waals surface area contributed by atoms with E-state index in [4.69, 9.17) is 4.74 Å². The minimum Gasteiger partial charge on any atom is -0.481 e. The van der Waals surface area contributed by atoms with Gasteiger partial charge < -0.3 is 20.1 Å². The fourth-order valence-corrected chi connectivity index (χ4v) is 5.18. The Morgan fingerprint density at radius 2 is 1.65 bits per heavy atom. The number of nitrogens with zero attached hydrogens (tertiary/aromatic N) is 1. The van der Waals surface area contributed by atoms with Crippen molar-refractivity contribution in [2.75, 3.05) is 13.2 Å². The van der Waals surface area contributed by atoms with Crippen molar-refractivity contribution in [2.24, 2.45) is 0 Å². The average Bonchev–Trinajstić information content (AvgIpc) is 3.11. The number of carboxylic acids is 1. The summed E-state index contributed by atoms with van der Waals surface area (Å²) in [4.78, 5) is 38.5. The minimum atomic E-state index is -0.902. The van der Waals surface area contributed by atoms with Crippen molar-refractivity contribution < 1.29 is 24.2 Å². The molecule has 0 radical (unpaired) electrons. The summed E-state index contributed by atoms with van der Waals surface area (Å²) in [6.45, 7) is 4.32. The average molecular weight is 465 g/mol. The molecule has 2 aromatic carbocycles. The number of benzene rings is 2. The summed E-state index contributed by atoms with van der Waals surface area (Å²) < 4.78 is 5.62. The zero-order chi connectivity index (χ0) is 24.3. The Hall–Kier alpha value is -3.35. The maximum absolute atomic E-state index is 13.0. The number of ether oxygens (including phenoxy) is 1. The quantitative estimate of drug-likeness (QED) is 0.627. The van der Waals surface area contributed by atoms with Crippen LogP contribution in [0.15, 0.2) is 48.5 Å². The van der Waals surface area contributed by atoms with Gasteiger partial charge in [0.05, 0.1) is 6.42 Å². The second-order valence-electron chi connectivity index (χ2n) is 9.85. The molecule has 2 aliphatic rings. The van der Waals surface area contributed by atoms with Gasteiger partial charge in [-0.05, 0) is 55.4 Å². The Kier molecular flexibility index (Phi) is 6.91. The molecular formula is C27H32N2O5. The molecule has 1 heterocycles. The molecule has 4 rings (SSSR count). The third-order valence-electron chi connectivity index (χ3n) is 6.74. The number of aliphatic carboxylic acids is 1. The number of rotatable bonds is 7. The van der Waals surface area contributed by atoms with Crippen molar-refractivity contribution >= 4 is 18.0 Å². The van der Waals surface area contributed by atoms with E-state index in [9.17, 15) is 19.5 Å². The molecule has 2 amide bonds. The predicted octanol–water partition coefficient (Wildman–Crippen LogP) is 4.55. The Labute approximate surface area is 200 Å². The van der Waals surface area contributed by atoms with E-state index >= 15 is 0 Å². The van der Waals surface area contributed by atoms with Crippen molar-refractivity contribution in [3.63, 3.8) is 0 Å². The third-order valence-corrected chi connectivity index (χ3v) is 6.74. The molecule has 7 heteroatoms. The number of amides is 2. The number of piperidine rings is 1. The van der Waals surface area contributed by atoms with Crippen molar-refractivity contribution in [3.05, 3.63) is 59.7 Å². The zero-order valence-electron chi connectivity index (χ0n) is 19.8. The Morgan fingerprint density at radius 3 is 2.26 bits per heavy atom. The van der Waals surface area contributed by atoms with Crippen LogP contribution in [0.1, 0.15) is 63.0 Å². The second-order valence-corrected chi connectivity index (χ2v) is 9.85. The van der Waals surface area contributed by atoms with Crippen LogP contribution in [0.25, 0.3) is 11.1 Å². The Morgan fingerprint density at radius 1 is 1.03 bits per heavy atom. The van der Waals surface area contributed by atoms with E-state index < -0.39 is 17.6 Å². The molecule has 1 aliphatic heterocycles. The van der Waals surface area contributed by atoms with Crippen LogP contribution < -0.4 is 5.32 Å². The number of alkyl carbamates (subject to hydrolysis) is 1. The minimum absolute atomic E-state index is 0.0342. The molecule has 1 fully saturated rings. The van der Waals surface area contributed by atoms with Crippen LogP contribution in [0.4, 0.5) is 4.79 Å². The van der Waals surface area contributed by atoms with E-state index in [-0.39, 0.29) is 37.3 Å². The molecule has 0 aromatic heterocycles. The number of hydrogen-bond acceptors (Lipinski definition) is 4. The summed E-state index contributed by atoms with van der Waals surface area (Å²) in [7, 11) is 0. The normalized spacial score (nSPS) is 17.6. The van der Waals surface area contributed by atoms with E-state index in [1.165, 1.54) is 0 Å². The number of likely N-dealkylation sites (tertiary alicyclic amines) is 1. The first-order chi connectivity index (χ1) is 16.2. The van der Waals surface area contributed by atoms with Gasteiger partial charge in [0.2, 0.25) is 5.91 Å². The van der Waals surface area contributed by atoms with Gasteiger partial charge >= 0.3 is 12.1 Å². The first kappa shape index (κ1) is 23.8. The lowest BCUT2D eigenvalue weighted by Gasteiger charge is -2.37. The molecule has 180 valence electrons. The lowest BCUT2D eigenvalue weighted by atomic mass is 9.95. The highest BCUT2D eigenvalue weighted by atomic mass is 16.5. The van der Waals surface area contributed by atoms with Crippen LogP contribution in [-0.2, 0) is 14.3 Å². The van der Waals surface area contributed by atoms with E-state index in [0.29, 0.717) is 13.0 Å². The van der Waals surface area contributed by atoms with E-state index in [1.54, 1.807) is 18.7 Å². The van der Waals surface area contributed by atoms with Crippen LogP contribution in [0.3, 0.4) is 0 Å². The number of carbonyl (C=O) groups is 3. The molecule has 34 heavy (non-hydrogen) atoms. The second kappa shape index (κ2) is 9.87. The van der Waals surface area contributed by atoms with Crippen molar-refractivity contribution in [1.82, 2.24) is 10.2 Å². The lowest BCUT2D eigenvalue weighted by Crippen LogP contribution is -2.51. The van der Waals surface area contributed by atoms with Crippen molar-refractivity contribution in [1.29, 1.82) is 0 Å². The molecule has 0 unspecified atom stereocenters. The van der Waals surface area contributed by atoms with Gasteiger partial charge in [0.1, 0.15) is 6.61 Å². The van der Waals surface area contributed by atoms with Crippen LogP contribution in [0, 0.1) is 0 Å². The first-order valence-electron chi connectivity index (χ1n) is 11.9. The van der Waals surface area contributed by atoms with E-state index in [1.807, 2.05) is 24.3 Å². The van der Waals surface area contributed by atoms with Crippen molar-refractivity contribution in [2.45, 2.75) is 63.5 Å². The molecule has 1 saturated heterocycles. The van der Waals surface area contributed by atoms with Crippen LogP contribution in [-0.4, -0.2) is 52.7 Å². The van der Waals surface area contributed by atoms with Gasteiger partial charge in [0.25, 0.3) is 0 Å². The van der Waals surface area contributed by atoms with Gasteiger partial charge in [-0.2, -0.15) is 0 Å². The standard InChI is InChI=1S/C27H32N2O5/c1-27(2,16-24(30)29-14-8-7-9-18(29)15-25(31)32)28-26(33)34-17-23-21-12-5-3-10-19(21)20-11-4-6-13-22(20)23/h3-6,10-13,18,23H,7-9,14-17H2,1-2H3,(H,28,33)(H,31,32)/t18-/m1/s1. The Balaban J connectivity index is 1.35. The zero-order valence-corrected chi connectivity index (χ0v) is 19.8. The van der Waals surface area contributed by atoms with Gasteiger partial charge in [-0.3, -0.25) is 9.59 Å². The maximum Gasteiger partial charge on any atom is 0.407 e. The summed E-state index contributed by atoms with van der Waals surface area (Å²) in [5.74, 6) is -1.08. The number of carbonyl (C=O) groups excluding carboxylic acids is 2.